The van der Waals surface area contributed by atoms with Crippen molar-refractivity contribution in [3.63, 3.8) is 0 Å². The smallest absolute Gasteiger partial charge is 0.227 e. The summed E-state index contributed by atoms with van der Waals surface area (Å²) in [6.07, 6.45) is -0.0350. The summed E-state index contributed by atoms with van der Waals surface area (Å²) >= 11 is 0. The molecule has 2 aliphatic heterocycles. The lowest BCUT2D eigenvalue weighted by Crippen LogP contribution is -2.35. The van der Waals surface area contributed by atoms with Crippen LogP contribution in [0.15, 0.2) is 18.2 Å². The number of rotatable bonds is 7. The minimum absolute atomic E-state index is 0.0961. The average molecular weight is 364 g/mol. The molecule has 2 amide bonds. The fourth-order valence-corrected chi connectivity index (χ4v) is 3.11. The van der Waals surface area contributed by atoms with Crippen molar-refractivity contribution in [2.75, 3.05) is 44.9 Å². The number of aliphatic hydroxyl groups is 1. The van der Waals surface area contributed by atoms with Crippen LogP contribution < -0.4 is 19.7 Å². The Morgan fingerprint density at radius 2 is 2.15 bits per heavy atom. The third kappa shape index (κ3) is 4.25. The molecule has 1 aromatic carbocycles. The number of hydrogen-bond acceptors (Lipinski definition) is 6. The fraction of sp³-hybridized carbons (Fsp3) is 0.556. The summed E-state index contributed by atoms with van der Waals surface area (Å²) in [4.78, 5) is 26.2. The molecule has 1 aromatic rings. The van der Waals surface area contributed by atoms with E-state index in [2.05, 4.69) is 5.32 Å². The van der Waals surface area contributed by atoms with Gasteiger partial charge >= 0.3 is 0 Å². The number of aliphatic hydroxyl groups excluding tert-OH is 1. The molecule has 1 fully saturated rings. The average Bonchev–Trinajstić information content (AvgIpc) is 3.03. The predicted molar refractivity (Wildman–Crippen MR) is 93.4 cm³/mol. The zero-order valence-electron chi connectivity index (χ0n) is 14.8. The molecule has 0 radical (unpaired) electrons. The van der Waals surface area contributed by atoms with Gasteiger partial charge < -0.3 is 29.5 Å². The van der Waals surface area contributed by atoms with E-state index in [0.29, 0.717) is 49.9 Å². The highest BCUT2D eigenvalue weighted by Gasteiger charge is 2.35. The molecule has 2 N–H and O–H groups in total. The first-order valence-electron chi connectivity index (χ1n) is 8.73. The first kappa shape index (κ1) is 18.5. The van der Waals surface area contributed by atoms with Gasteiger partial charge in [-0.15, -0.1) is 0 Å². The fourth-order valence-electron chi connectivity index (χ4n) is 3.11. The van der Waals surface area contributed by atoms with Crippen LogP contribution in [0, 0.1) is 5.92 Å². The van der Waals surface area contributed by atoms with E-state index in [-0.39, 0.29) is 24.8 Å². The highest BCUT2D eigenvalue weighted by molar-refractivity contribution is 6.00. The van der Waals surface area contributed by atoms with Crippen molar-refractivity contribution in [3.8, 4) is 11.5 Å². The van der Waals surface area contributed by atoms with Crippen LogP contribution in [-0.2, 0) is 14.3 Å². The number of hydrogen-bond donors (Lipinski definition) is 2. The Labute approximate surface area is 152 Å². The van der Waals surface area contributed by atoms with Crippen molar-refractivity contribution in [1.82, 2.24) is 5.32 Å². The molecule has 0 bridgehead atoms. The molecule has 1 saturated heterocycles. The summed E-state index contributed by atoms with van der Waals surface area (Å²) < 4.78 is 15.9. The van der Waals surface area contributed by atoms with E-state index >= 15 is 0 Å². The maximum atomic E-state index is 12.3. The lowest BCUT2D eigenvalue weighted by molar-refractivity contribution is -0.126. The summed E-state index contributed by atoms with van der Waals surface area (Å²) in [6.45, 7) is 1.89. The van der Waals surface area contributed by atoms with Crippen LogP contribution in [0.5, 0.6) is 11.5 Å². The lowest BCUT2D eigenvalue weighted by atomic mass is 10.1. The van der Waals surface area contributed by atoms with Gasteiger partial charge in [-0.25, -0.2) is 0 Å². The minimum Gasteiger partial charge on any atom is -0.486 e. The van der Waals surface area contributed by atoms with Crippen molar-refractivity contribution in [2.24, 2.45) is 5.92 Å². The molecule has 2 heterocycles. The van der Waals surface area contributed by atoms with E-state index in [1.165, 1.54) is 7.11 Å². The number of nitrogens with one attached hydrogen (secondary N) is 1. The Morgan fingerprint density at radius 3 is 2.92 bits per heavy atom. The summed E-state index contributed by atoms with van der Waals surface area (Å²) in [5.41, 5.74) is 0.699. The standard InChI is InChI=1S/C18H24N2O6/c1-24-11-14(21)4-5-19-18(23)12-8-17(22)20(10-12)13-2-3-15-16(9-13)26-7-6-25-15/h2-3,9,12,14,21H,4-8,10-11H2,1H3,(H,19,23)/t12-,14-/m0/s1. The van der Waals surface area contributed by atoms with Gasteiger partial charge in [-0.2, -0.15) is 0 Å². The van der Waals surface area contributed by atoms with Crippen LogP contribution in [0.4, 0.5) is 5.69 Å². The third-order valence-corrected chi connectivity index (χ3v) is 4.47. The molecular formula is C18H24N2O6. The van der Waals surface area contributed by atoms with E-state index in [9.17, 15) is 14.7 Å². The summed E-state index contributed by atoms with van der Waals surface area (Å²) in [7, 11) is 1.51. The van der Waals surface area contributed by atoms with Gasteiger partial charge in [0.1, 0.15) is 13.2 Å². The number of amides is 2. The van der Waals surface area contributed by atoms with Crippen molar-refractivity contribution in [3.05, 3.63) is 18.2 Å². The van der Waals surface area contributed by atoms with Crippen molar-refractivity contribution < 1.29 is 28.9 Å². The van der Waals surface area contributed by atoms with Crippen LogP contribution in [0.2, 0.25) is 0 Å². The second-order valence-electron chi connectivity index (χ2n) is 6.42. The quantitative estimate of drug-likeness (QED) is 0.723. The minimum atomic E-state index is -0.611. The van der Waals surface area contributed by atoms with Gasteiger partial charge in [-0.1, -0.05) is 0 Å². The van der Waals surface area contributed by atoms with E-state index in [4.69, 9.17) is 14.2 Å². The molecule has 8 nitrogen and oxygen atoms in total. The molecule has 142 valence electrons. The van der Waals surface area contributed by atoms with Gasteiger partial charge in [0.15, 0.2) is 11.5 Å². The third-order valence-electron chi connectivity index (χ3n) is 4.47. The molecule has 0 aromatic heterocycles. The van der Waals surface area contributed by atoms with Crippen LogP contribution >= 0.6 is 0 Å². The SMILES string of the molecule is COC[C@@H](O)CCNC(=O)[C@H]1CC(=O)N(c2ccc3c(c2)OCCO3)C1. The Balaban J connectivity index is 1.56. The zero-order chi connectivity index (χ0) is 18.5. The molecule has 0 aliphatic carbocycles. The van der Waals surface area contributed by atoms with Crippen LogP contribution in [0.25, 0.3) is 0 Å². The first-order chi connectivity index (χ1) is 12.6. The van der Waals surface area contributed by atoms with Crippen molar-refractivity contribution >= 4 is 17.5 Å². The number of ether oxygens (including phenoxy) is 3. The van der Waals surface area contributed by atoms with Crippen LogP contribution in [-0.4, -0.2) is 63.0 Å². The van der Waals surface area contributed by atoms with Gasteiger partial charge in [0.25, 0.3) is 0 Å². The normalized spacial score (nSPS) is 20.2. The maximum Gasteiger partial charge on any atom is 0.227 e. The Kier molecular flexibility index (Phi) is 5.95. The number of methoxy groups -OCH3 is 1. The van der Waals surface area contributed by atoms with Crippen molar-refractivity contribution in [2.45, 2.75) is 18.9 Å². The summed E-state index contributed by atoms with van der Waals surface area (Å²) in [5, 5.41) is 12.4. The molecular weight excluding hydrogens is 340 g/mol. The highest BCUT2D eigenvalue weighted by atomic mass is 16.6. The molecule has 3 rings (SSSR count). The molecule has 0 spiro atoms. The topological polar surface area (TPSA) is 97.3 Å². The Hall–Kier alpha value is -2.32. The zero-order valence-corrected chi connectivity index (χ0v) is 14.8. The maximum absolute atomic E-state index is 12.3. The summed E-state index contributed by atoms with van der Waals surface area (Å²) in [6, 6.07) is 5.35. The number of carbonyl (C=O) groups is 2. The van der Waals surface area contributed by atoms with Crippen LogP contribution in [0.3, 0.4) is 0 Å². The monoisotopic (exact) mass is 364 g/mol. The molecule has 26 heavy (non-hydrogen) atoms. The number of benzene rings is 1. The van der Waals surface area contributed by atoms with Gasteiger partial charge in [-0.3, -0.25) is 9.59 Å². The largest absolute Gasteiger partial charge is 0.486 e. The lowest BCUT2D eigenvalue weighted by Gasteiger charge is -2.22. The number of fused-ring (bicyclic) bond motifs is 1. The molecule has 2 atom stereocenters. The Bertz CT molecular complexity index is 665. The second kappa shape index (κ2) is 8.37. The second-order valence-corrected chi connectivity index (χ2v) is 6.42. The van der Waals surface area contributed by atoms with Gasteiger partial charge in [0.2, 0.25) is 11.8 Å². The van der Waals surface area contributed by atoms with Gasteiger partial charge in [0.05, 0.1) is 18.6 Å². The van der Waals surface area contributed by atoms with Gasteiger partial charge in [0, 0.05) is 38.4 Å². The molecule has 8 heteroatoms. The van der Waals surface area contributed by atoms with Gasteiger partial charge in [-0.05, 0) is 18.6 Å². The number of anilines is 1. The molecule has 0 unspecified atom stereocenters. The van der Waals surface area contributed by atoms with E-state index in [1.807, 2.05) is 0 Å². The highest BCUT2D eigenvalue weighted by Crippen LogP contribution is 2.35. The molecule has 2 aliphatic rings. The number of carbonyl (C=O) groups excluding carboxylic acids is 2. The Morgan fingerprint density at radius 1 is 1.38 bits per heavy atom. The van der Waals surface area contributed by atoms with E-state index in [0.717, 1.165) is 0 Å². The predicted octanol–water partition coefficient (Wildman–Crippen LogP) is 0.324. The van der Waals surface area contributed by atoms with E-state index in [1.54, 1.807) is 23.1 Å². The first-order valence-corrected chi connectivity index (χ1v) is 8.73. The van der Waals surface area contributed by atoms with Crippen LogP contribution in [0.1, 0.15) is 12.8 Å². The van der Waals surface area contributed by atoms with E-state index < -0.39 is 12.0 Å². The summed E-state index contributed by atoms with van der Waals surface area (Å²) in [5.74, 6) is 0.594. The van der Waals surface area contributed by atoms with Crippen molar-refractivity contribution in [1.29, 1.82) is 0 Å². The number of nitrogens with zero attached hydrogens (tertiary/aromatic N) is 1. The molecule has 0 saturated carbocycles.